The monoisotopic (exact) mass is 266 g/mol. The molecule has 1 unspecified atom stereocenters. The number of carbonyl (C=O) groups is 1. The fraction of sp³-hybridized carbons (Fsp3) is 0.733. The summed E-state index contributed by atoms with van der Waals surface area (Å²) in [4.78, 5) is 11.9. The Morgan fingerprint density at radius 3 is 2.68 bits per heavy atom. The van der Waals surface area contributed by atoms with Crippen LogP contribution in [0.4, 0.5) is 0 Å². The third-order valence-corrected chi connectivity index (χ3v) is 3.39. The normalized spacial score (nSPS) is 12.9. The van der Waals surface area contributed by atoms with E-state index >= 15 is 0 Å². The van der Waals surface area contributed by atoms with Crippen LogP contribution in [0.15, 0.2) is 12.3 Å². The third kappa shape index (κ3) is 5.15. The van der Waals surface area contributed by atoms with Crippen molar-refractivity contribution in [1.29, 1.82) is 0 Å². The molecule has 108 valence electrons. The minimum Gasteiger partial charge on any atom is -0.384 e. The van der Waals surface area contributed by atoms with E-state index in [2.05, 4.69) is 18.9 Å². The van der Waals surface area contributed by atoms with E-state index < -0.39 is 0 Å². The number of carbonyl (C=O) groups excluding carboxylic acids is 1. The van der Waals surface area contributed by atoms with Gasteiger partial charge in [0.15, 0.2) is 0 Å². The number of aromatic nitrogens is 2. The number of rotatable bonds is 9. The molecule has 1 rings (SSSR count). The van der Waals surface area contributed by atoms with Crippen LogP contribution in [0.3, 0.4) is 0 Å². The quantitative estimate of drug-likeness (QED) is 0.690. The predicted molar refractivity (Wildman–Crippen MR) is 76.2 cm³/mol. The lowest BCUT2D eigenvalue weighted by molar-refractivity contribution is -0.119. The molecule has 1 aromatic rings. The highest BCUT2D eigenvalue weighted by Crippen LogP contribution is 2.15. The lowest BCUT2D eigenvalue weighted by Gasteiger charge is -2.12. The first kappa shape index (κ1) is 15.9. The van der Waals surface area contributed by atoms with Crippen molar-refractivity contribution in [3.63, 3.8) is 0 Å². The SMILES string of the molecule is CCC(CC)n1ccc(CC(=O)CC(C)COC)n1. The van der Waals surface area contributed by atoms with Crippen molar-refractivity contribution in [2.45, 2.75) is 52.5 Å². The summed E-state index contributed by atoms with van der Waals surface area (Å²) in [5.41, 5.74) is 0.876. The first-order chi connectivity index (χ1) is 9.10. The fourth-order valence-electron chi connectivity index (χ4n) is 2.34. The van der Waals surface area contributed by atoms with Gasteiger partial charge >= 0.3 is 0 Å². The molecule has 4 nitrogen and oxygen atoms in total. The summed E-state index contributed by atoms with van der Waals surface area (Å²) in [6.07, 6.45) is 5.11. The fourth-order valence-corrected chi connectivity index (χ4v) is 2.34. The molecule has 19 heavy (non-hydrogen) atoms. The smallest absolute Gasteiger partial charge is 0.139 e. The standard InChI is InChI=1S/C15H26N2O2/c1-5-14(6-2)17-8-7-13(16-17)10-15(18)9-12(3)11-19-4/h7-8,12,14H,5-6,9-11H2,1-4H3. The summed E-state index contributed by atoms with van der Waals surface area (Å²) in [5, 5.41) is 4.51. The van der Waals surface area contributed by atoms with Gasteiger partial charge in [-0.3, -0.25) is 9.48 Å². The highest BCUT2D eigenvalue weighted by molar-refractivity contribution is 5.80. The van der Waals surface area contributed by atoms with Crippen molar-refractivity contribution in [2.75, 3.05) is 13.7 Å². The van der Waals surface area contributed by atoms with E-state index in [9.17, 15) is 4.79 Å². The van der Waals surface area contributed by atoms with E-state index in [0.29, 0.717) is 25.5 Å². The minimum absolute atomic E-state index is 0.236. The maximum Gasteiger partial charge on any atom is 0.139 e. The number of hydrogen-bond acceptors (Lipinski definition) is 3. The van der Waals surface area contributed by atoms with E-state index in [0.717, 1.165) is 18.5 Å². The molecule has 4 heteroatoms. The Morgan fingerprint density at radius 1 is 1.42 bits per heavy atom. The summed E-state index contributed by atoms with van der Waals surface area (Å²) in [6, 6.07) is 2.40. The van der Waals surface area contributed by atoms with Crippen molar-refractivity contribution in [2.24, 2.45) is 5.92 Å². The Balaban J connectivity index is 2.51. The maximum atomic E-state index is 11.9. The highest BCUT2D eigenvalue weighted by atomic mass is 16.5. The molecule has 0 saturated carbocycles. The van der Waals surface area contributed by atoms with Crippen LogP contribution < -0.4 is 0 Å². The summed E-state index contributed by atoms with van der Waals surface area (Å²) < 4.78 is 7.03. The number of ketones is 1. The zero-order valence-electron chi connectivity index (χ0n) is 12.6. The second-order valence-corrected chi connectivity index (χ2v) is 5.24. The molecule has 1 atom stereocenters. The van der Waals surface area contributed by atoms with Gasteiger partial charge in [-0.1, -0.05) is 20.8 Å². The van der Waals surface area contributed by atoms with Crippen molar-refractivity contribution < 1.29 is 9.53 Å². The number of hydrogen-bond donors (Lipinski definition) is 0. The predicted octanol–water partition coefficient (Wildman–Crippen LogP) is 3.03. The number of methoxy groups -OCH3 is 1. The molecular weight excluding hydrogens is 240 g/mol. The van der Waals surface area contributed by atoms with Gasteiger partial charge in [-0.05, 0) is 24.8 Å². The summed E-state index contributed by atoms with van der Waals surface area (Å²) in [5.74, 6) is 0.512. The molecule has 0 aromatic carbocycles. The van der Waals surface area contributed by atoms with Crippen LogP contribution in [0.1, 0.15) is 51.8 Å². The largest absolute Gasteiger partial charge is 0.384 e. The molecule has 0 aliphatic carbocycles. The first-order valence-corrected chi connectivity index (χ1v) is 7.15. The Morgan fingerprint density at radius 2 is 2.11 bits per heavy atom. The van der Waals surface area contributed by atoms with E-state index in [1.807, 2.05) is 23.9 Å². The average molecular weight is 266 g/mol. The maximum absolute atomic E-state index is 11.9. The van der Waals surface area contributed by atoms with Crippen LogP contribution in [-0.2, 0) is 16.0 Å². The number of nitrogens with zero attached hydrogens (tertiary/aromatic N) is 2. The van der Waals surface area contributed by atoms with Crippen LogP contribution in [0.2, 0.25) is 0 Å². The topological polar surface area (TPSA) is 44.1 Å². The van der Waals surface area contributed by atoms with Gasteiger partial charge in [0.05, 0.1) is 18.2 Å². The molecule has 1 aromatic heterocycles. The Bertz CT molecular complexity index is 383. The van der Waals surface area contributed by atoms with Crippen molar-refractivity contribution >= 4 is 5.78 Å². The van der Waals surface area contributed by atoms with Crippen molar-refractivity contribution in [3.8, 4) is 0 Å². The zero-order chi connectivity index (χ0) is 14.3. The molecule has 0 aliphatic rings. The van der Waals surface area contributed by atoms with E-state index in [4.69, 9.17) is 4.74 Å². The summed E-state index contributed by atoms with van der Waals surface area (Å²) in [6.45, 7) is 6.98. The van der Waals surface area contributed by atoms with Crippen LogP contribution in [-0.4, -0.2) is 29.3 Å². The van der Waals surface area contributed by atoms with E-state index in [-0.39, 0.29) is 11.7 Å². The van der Waals surface area contributed by atoms with Gasteiger partial charge in [0.2, 0.25) is 0 Å². The molecule has 0 spiro atoms. The number of Topliss-reactive ketones (excluding diaryl/α,β-unsaturated/α-hetero) is 1. The van der Waals surface area contributed by atoms with Crippen LogP contribution >= 0.6 is 0 Å². The van der Waals surface area contributed by atoms with Crippen LogP contribution in [0.25, 0.3) is 0 Å². The molecule has 0 bridgehead atoms. The van der Waals surface area contributed by atoms with Crippen molar-refractivity contribution in [1.82, 2.24) is 9.78 Å². The molecule has 1 heterocycles. The van der Waals surface area contributed by atoms with E-state index in [1.165, 1.54) is 0 Å². The van der Waals surface area contributed by atoms with Gasteiger partial charge in [0, 0.05) is 26.3 Å². The van der Waals surface area contributed by atoms with E-state index in [1.54, 1.807) is 7.11 Å². The lowest BCUT2D eigenvalue weighted by Crippen LogP contribution is -2.13. The summed E-state index contributed by atoms with van der Waals surface area (Å²) >= 11 is 0. The second-order valence-electron chi connectivity index (χ2n) is 5.24. The minimum atomic E-state index is 0.236. The third-order valence-electron chi connectivity index (χ3n) is 3.39. The second kappa shape index (κ2) is 8.10. The Hall–Kier alpha value is -1.16. The van der Waals surface area contributed by atoms with Gasteiger partial charge in [0.1, 0.15) is 5.78 Å². The average Bonchev–Trinajstić information content (AvgIpc) is 2.79. The zero-order valence-corrected chi connectivity index (χ0v) is 12.6. The first-order valence-electron chi connectivity index (χ1n) is 7.15. The van der Waals surface area contributed by atoms with Crippen LogP contribution in [0.5, 0.6) is 0 Å². The molecule has 0 amide bonds. The highest BCUT2D eigenvalue weighted by Gasteiger charge is 2.13. The molecule has 0 fully saturated rings. The van der Waals surface area contributed by atoms with Gasteiger partial charge in [-0.25, -0.2) is 0 Å². The van der Waals surface area contributed by atoms with Gasteiger partial charge in [0.25, 0.3) is 0 Å². The van der Waals surface area contributed by atoms with Crippen LogP contribution in [0, 0.1) is 5.92 Å². The molecule has 0 saturated heterocycles. The number of ether oxygens (including phenoxy) is 1. The van der Waals surface area contributed by atoms with Gasteiger partial charge in [-0.2, -0.15) is 5.10 Å². The Kier molecular flexibility index (Phi) is 6.78. The van der Waals surface area contributed by atoms with Gasteiger partial charge < -0.3 is 4.74 Å². The summed E-state index contributed by atoms with van der Waals surface area (Å²) in [7, 11) is 1.66. The molecular formula is C15H26N2O2. The molecule has 0 aliphatic heterocycles. The molecule has 0 radical (unpaired) electrons. The van der Waals surface area contributed by atoms with Crippen molar-refractivity contribution in [3.05, 3.63) is 18.0 Å². The molecule has 0 N–H and O–H groups in total. The van der Waals surface area contributed by atoms with Gasteiger partial charge in [-0.15, -0.1) is 0 Å². The lowest BCUT2D eigenvalue weighted by atomic mass is 10.0. The Labute approximate surface area is 116 Å².